The van der Waals surface area contributed by atoms with Crippen LogP contribution in [0.25, 0.3) is 10.8 Å². The molecule has 0 aliphatic carbocycles. The van der Waals surface area contributed by atoms with E-state index in [0.717, 1.165) is 30.8 Å². The van der Waals surface area contributed by atoms with Crippen molar-refractivity contribution in [1.29, 1.82) is 0 Å². The Balaban J connectivity index is 1.59. The first-order valence-corrected chi connectivity index (χ1v) is 8.96. The average Bonchev–Trinajstić information content (AvgIpc) is 3.25. The van der Waals surface area contributed by atoms with Gasteiger partial charge >= 0.3 is 0 Å². The van der Waals surface area contributed by atoms with Crippen LogP contribution < -0.4 is 5.32 Å². The van der Waals surface area contributed by atoms with Crippen molar-refractivity contribution < 1.29 is 9.21 Å². The fourth-order valence-electron chi connectivity index (χ4n) is 2.93. The lowest BCUT2D eigenvalue weighted by Crippen LogP contribution is -2.41. The van der Waals surface area contributed by atoms with Gasteiger partial charge in [-0.05, 0) is 51.2 Å². The maximum Gasteiger partial charge on any atom is 0.257 e. The van der Waals surface area contributed by atoms with E-state index in [0.29, 0.717) is 18.3 Å². The minimum atomic E-state index is 0.0754. The number of carbonyl (C=O) groups is 1. The van der Waals surface area contributed by atoms with Crippen LogP contribution in [-0.4, -0.2) is 40.6 Å². The largest absolute Gasteiger partial charge is 0.418 e. The third-order valence-electron chi connectivity index (χ3n) is 4.33. The molecule has 6 nitrogen and oxygen atoms in total. The summed E-state index contributed by atoms with van der Waals surface area (Å²) in [4.78, 5) is 15.2. The van der Waals surface area contributed by atoms with Crippen LogP contribution in [0.4, 0.5) is 0 Å². The van der Waals surface area contributed by atoms with Gasteiger partial charge in [-0.1, -0.05) is 6.07 Å². The molecule has 23 heavy (non-hydrogen) atoms. The molecule has 3 heterocycles. The van der Waals surface area contributed by atoms with E-state index in [1.165, 1.54) is 0 Å². The Labute approximate surface area is 139 Å². The first-order valence-electron chi connectivity index (χ1n) is 8.08. The number of hydrogen-bond acceptors (Lipinski definition) is 6. The maximum atomic E-state index is 11.9. The standard InChI is InChI=1S/C16H22N4O2S/c1-3-17-14(21)12-6-8-20(9-7-12)11(2)15-18-19-16(22-15)13-5-4-10-23-13/h4-5,10-12H,3,6-9H2,1-2H3,(H,17,21)/t11-/m0/s1. The summed E-state index contributed by atoms with van der Waals surface area (Å²) in [6.45, 7) is 6.48. The molecule has 3 rings (SSSR count). The Morgan fingerprint density at radius 2 is 2.26 bits per heavy atom. The molecule has 0 radical (unpaired) electrons. The number of aromatic nitrogens is 2. The lowest BCUT2D eigenvalue weighted by atomic mass is 9.95. The number of nitrogens with one attached hydrogen (secondary N) is 1. The van der Waals surface area contributed by atoms with Crippen molar-refractivity contribution in [3.05, 3.63) is 23.4 Å². The molecule has 1 atom stereocenters. The highest BCUT2D eigenvalue weighted by molar-refractivity contribution is 7.13. The predicted octanol–water partition coefficient (Wildman–Crippen LogP) is 2.71. The summed E-state index contributed by atoms with van der Waals surface area (Å²) in [5.41, 5.74) is 0. The van der Waals surface area contributed by atoms with Gasteiger partial charge in [-0.25, -0.2) is 0 Å². The fraction of sp³-hybridized carbons (Fsp3) is 0.562. The number of thiophene rings is 1. The Morgan fingerprint density at radius 3 is 2.91 bits per heavy atom. The molecule has 124 valence electrons. The van der Waals surface area contributed by atoms with Crippen molar-refractivity contribution in [2.75, 3.05) is 19.6 Å². The quantitative estimate of drug-likeness (QED) is 0.910. The molecule has 1 saturated heterocycles. The third kappa shape index (κ3) is 3.61. The first-order chi connectivity index (χ1) is 11.2. The van der Waals surface area contributed by atoms with Crippen LogP contribution in [-0.2, 0) is 4.79 Å². The second-order valence-electron chi connectivity index (χ2n) is 5.80. The van der Waals surface area contributed by atoms with E-state index >= 15 is 0 Å². The van der Waals surface area contributed by atoms with Crippen LogP contribution in [0.5, 0.6) is 0 Å². The van der Waals surface area contributed by atoms with Gasteiger partial charge in [0.1, 0.15) is 0 Å². The maximum absolute atomic E-state index is 11.9. The van der Waals surface area contributed by atoms with Gasteiger partial charge in [-0.3, -0.25) is 9.69 Å². The topological polar surface area (TPSA) is 71.3 Å². The van der Waals surface area contributed by atoms with Crippen LogP contribution in [0.2, 0.25) is 0 Å². The molecule has 2 aromatic rings. The van der Waals surface area contributed by atoms with E-state index in [1.54, 1.807) is 11.3 Å². The molecule has 7 heteroatoms. The SMILES string of the molecule is CCNC(=O)C1CCN([C@@H](C)c2nnc(-c3cccs3)o2)CC1. The van der Waals surface area contributed by atoms with Gasteiger partial charge in [-0.15, -0.1) is 21.5 Å². The third-order valence-corrected chi connectivity index (χ3v) is 5.19. The second-order valence-corrected chi connectivity index (χ2v) is 6.75. The average molecular weight is 334 g/mol. The molecule has 2 aromatic heterocycles. The molecule has 0 aromatic carbocycles. The van der Waals surface area contributed by atoms with Gasteiger partial charge < -0.3 is 9.73 Å². The van der Waals surface area contributed by atoms with Gasteiger partial charge in [0.15, 0.2) is 0 Å². The van der Waals surface area contributed by atoms with Crippen molar-refractivity contribution in [1.82, 2.24) is 20.4 Å². The number of nitrogens with zero attached hydrogens (tertiary/aromatic N) is 3. The molecular weight excluding hydrogens is 312 g/mol. The molecule has 1 aliphatic heterocycles. The number of piperidine rings is 1. The zero-order chi connectivity index (χ0) is 16.2. The molecular formula is C16H22N4O2S. The summed E-state index contributed by atoms with van der Waals surface area (Å²) in [7, 11) is 0. The number of carbonyl (C=O) groups excluding carboxylic acids is 1. The van der Waals surface area contributed by atoms with Crippen LogP contribution >= 0.6 is 11.3 Å². The normalized spacial score (nSPS) is 18.0. The molecule has 1 amide bonds. The Kier molecular flexibility index (Phi) is 5.07. The summed E-state index contributed by atoms with van der Waals surface area (Å²) in [5.74, 6) is 1.53. The molecule has 0 bridgehead atoms. The Morgan fingerprint density at radius 1 is 1.48 bits per heavy atom. The summed E-state index contributed by atoms with van der Waals surface area (Å²) >= 11 is 1.59. The van der Waals surface area contributed by atoms with E-state index in [-0.39, 0.29) is 17.9 Å². The van der Waals surface area contributed by atoms with Gasteiger partial charge in [0, 0.05) is 12.5 Å². The fourth-order valence-corrected chi connectivity index (χ4v) is 3.57. The van der Waals surface area contributed by atoms with Gasteiger partial charge in [0.05, 0.1) is 10.9 Å². The highest BCUT2D eigenvalue weighted by Crippen LogP contribution is 2.29. The van der Waals surface area contributed by atoms with Crippen molar-refractivity contribution in [3.63, 3.8) is 0 Å². The second kappa shape index (κ2) is 7.23. The van der Waals surface area contributed by atoms with Gasteiger partial charge in [0.2, 0.25) is 11.8 Å². The highest BCUT2D eigenvalue weighted by atomic mass is 32.1. The Bertz CT molecular complexity index is 632. The van der Waals surface area contributed by atoms with E-state index in [2.05, 4.69) is 27.3 Å². The molecule has 1 fully saturated rings. The molecule has 1 aliphatic rings. The van der Waals surface area contributed by atoms with Crippen LogP contribution in [0.1, 0.15) is 38.6 Å². The zero-order valence-electron chi connectivity index (χ0n) is 13.5. The Hall–Kier alpha value is -1.73. The van der Waals surface area contributed by atoms with Crippen LogP contribution in [0, 0.1) is 5.92 Å². The molecule has 0 saturated carbocycles. The number of hydrogen-bond donors (Lipinski definition) is 1. The lowest BCUT2D eigenvalue weighted by molar-refractivity contribution is -0.126. The number of amides is 1. The van der Waals surface area contributed by atoms with E-state index in [1.807, 2.05) is 24.4 Å². The predicted molar refractivity (Wildman–Crippen MR) is 89.0 cm³/mol. The van der Waals surface area contributed by atoms with E-state index < -0.39 is 0 Å². The van der Waals surface area contributed by atoms with Crippen LogP contribution in [0.3, 0.4) is 0 Å². The minimum absolute atomic E-state index is 0.0754. The van der Waals surface area contributed by atoms with Crippen molar-refractivity contribution in [2.45, 2.75) is 32.7 Å². The van der Waals surface area contributed by atoms with E-state index in [9.17, 15) is 4.79 Å². The minimum Gasteiger partial charge on any atom is -0.418 e. The van der Waals surface area contributed by atoms with E-state index in [4.69, 9.17) is 4.42 Å². The summed E-state index contributed by atoms with van der Waals surface area (Å²) in [5, 5.41) is 13.3. The smallest absolute Gasteiger partial charge is 0.257 e. The monoisotopic (exact) mass is 334 g/mol. The van der Waals surface area contributed by atoms with Crippen LogP contribution in [0.15, 0.2) is 21.9 Å². The highest BCUT2D eigenvalue weighted by Gasteiger charge is 2.29. The molecule has 0 spiro atoms. The van der Waals surface area contributed by atoms with Crippen molar-refractivity contribution in [3.8, 4) is 10.8 Å². The summed E-state index contributed by atoms with van der Waals surface area (Å²) < 4.78 is 5.82. The van der Waals surface area contributed by atoms with Crippen molar-refractivity contribution in [2.24, 2.45) is 5.92 Å². The zero-order valence-corrected chi connectivity index (χ0v) is 14.3. The van der Waals surface area contributed by atoms with Gasteiger partial charge in [0.25, 0.3) is 5.89 Å². The van der Waals surface area contributed by atoms with Gasteiger partial charge in [-0.2, -0.15) is 0 Å². The lowest BCUT2D eigenvalue weighted by Gasteiger charge is -2.33. The van der Waals surface area contributed by atoms with Crippen molar-refractivity contribution >= 4 is 17.2 Å². The summed E-state index contributed by atoms with van der Waals surface area (Å²) in [6.07, 6.45) is 1.75. The number of rotatable bonds is 5. The summed E-state index contributed by atoms with van der Waals surface area (Å²) in [6, 6.07) is 4.02. The molecule has 0 unspecified atom stereocenters. The molecule has 1 N–H and O–H groups in total. The first kappa shape index (κ1) is 16.1. The number of likely N-dealkylation sites (tertiary alicyclic amines) is 1.